The fourth-order valence-electron chi connectivity index (χ4n) is 9.52. The quantitative estimate of drug-likeness (QED) is 0.0336. The van der Waals surface area contributed by atoms with E-state index in [2.05, 4.69) is 26.6 Å². The van der Waals surface area contributed by atoms with Gasteiger partial charge in [0.05, 0.1) is 37.3 Å². The number of rotatable bonds is 17. The molecule has 428 valence electrons. The minimum atomic E-state index is -1.85. The molecule has 7 amide bonds. The molecule has 0 aliphatic carbocycles. The molecule has 3 heterocycles. The van der Waals surface area contributed by atoms with Crippen LogP contribution in [0, 0.1) is 17.8 Å². The first-order valence-corrected chi connectivity index (χ1v) is 26.3. The maximum absolute atomic E-state index is 14.7. The van der Waals surface area contributed by atoms with Crippen molar-refractivity contribution in [1.82, 2.24) is 16.0 Å². The van der Waals surface area contributed by atoms with Crippen LogP contribution in [0.4, 0.5) is 31.4 Å². The number of hydrogen-bond acceptors (Lipinski definition) is 15. The summed E-state index contributed by atoms with van der Waals surface area (Å²) in [6, 6.07) is 14.8. The number of hydrogen-bond donors (Lipinski definition) is 8. The Hall–Kier alpha value is -7.53. The van der Waals surface area contributed by atoms with Gasteiger partial charge in [-0.1, -0.05) is 82.7 Å². The lowest BCUT2D eigenvalue weighted by atomic mass is 9.83. The van der Waals surface area contributed by atoms with E-state index in [1.54, 1.807) is 102 Å². The van der Waals surface area contributed by atoms with Crippen LogP contribution in [0.5, 0.6) is 5.75 Å². The number of methoxy groups -OCH3 is 2. The molecule has 0 aromatic heterocycles. The Kier molecular flexibility index (Phi) is 20.3. The highest BCUT2D eigenvalue weighted by molar-refractivity contribution is 6.00. The first-order chi connectivity index (χ1) is 37.4. The Morgan fingerprint density at radius 1 is 0.962 bits per heavy atom. The topological polar surface area (TPSA) is 314 Å². The summed E-state index contributed by atoms with van der Waals surface area (Å²) in [4.78, 5) is 92.8. The molecule has 3 aromatic carbocycles. The van der Waals surface area contributed by atoms with Crippen molar-refractivity contribution in [3.8, 4) is 16.9 Å². The Bertz CT molecular complexity index is 2770. The number of carbonyl (C=O) groups is 7. The first kappa shape index (κ1) is 60.7. The van der Waals surface area contributed by atoms with Crippen molar-refractivity contribution in [2.45, 2.75) is 135 Å². The maximum atomic E-state index is 14.7. The van der Waals surface area contributed by atoms with E-state index in [0.29, 0.717) is 52.3 Å². The van der Waals surface area contributed by atoms with E-state index in [-0.39, 0.29) is 38.3 Å². The number of nitrogens with one attached hydrogen (secondary N) is 5. The van der Waals surface area contributed by atoms with Crippen LogP contribution in [0.15, 0.2) is 84.5 Å². The van der Waals surface area contributed by atoms with Crippen LogP contribution in [0.2, 0.25) is 0 Å². The number of epoxide rings is 1. The zero-order chi connectivity index (χ0) is 57.9. The molecule has 3 aliphatic rings. The summed E-state index contributed by atoms with van der Waals surface area (Å²) in [5, 5.41) is 25.1. The van der Waals surface area contributed by atoms with Gasteiger partial charge in [0.2, 0.25) is 17.7 Å². The van der Waals surface area contributed by atoms with Crippen molar-refractivity contribution < 1.29 is 67.1 Å². The molecule has 22 nitrogen and oxygen atoms in total. The van der Waals surface area contributed by atoms with Gasteiger partial charge in [0.25, 0.3) is 0 Å². The van der Waals surface area contributed by atoms with Crippen molar-refractivity contribution in [3.63, 3.8) is 0 Å². The number of primary amides is 1. The molecule has 4 bridgehead atoms. The van der Waals surface area contributed by atoms with Gasteiger partial charge in [-0.2, -0.15) is 0 Å². The van der Waals surface area contributed by atoms with E-state index in [1.807, 2.05) is 32.1 Å². The predicted molar refractivity (Wildman–Crippen MR) is 294 cm³/mol. The maximum Gasteiger partial charge on any atom is 0.411 e. The summed E-state index contributed by atoms with van der Waals surface area (Å²) in [6.07, 6.45) is 0.770. The lowest BCUT2D eigenvalue weighted by Gasteiger charge is -2.42. The molecule has 3 aromatic rings. The number of ether oxygens (including phenoxy) is 6. The summed E-state index contributed by atoms with van der Waals surface area (Å²) in [5.74, 6) is -2.69. The number of benzene rings is 3. The lowest BCUT2D eigenvalue weighted by Crippen LogP contribution is -2.63. The smallest absolute Gasteiger partial charge is 0.411 e. The Balaban J connectivity index is 1.20. The number of nitrogens with two attached hydrogens (primary N) is 2. The largest absolute Gasteiger partial charge is 0.496 e. The van der Waals surface area contributed by atoms with E-state index in [4.69, 9.17) is 39.9 Å². The third-order valence-corrected chi connectivity index (χ3v) is 14.4. The van der Waals surface area contributed by atoms with Crippen molar-refractivity contribution in [1.29, 1.82) is 0 Å². The molecule has 6 rings (SSSR count). The number of amides is 7. The van der Waals surface area contributed by atoms with Crippen LogP contribution >= 0.6 is 0 Å². The molecule has 0 radical (unpaired) electrons. The minimum Gasteiger partial charge on any atom is -0.496 e. The average molecular weight is 1100 g/mol. The molecular weight excluding hydrogens is 1020 g/mol. The fraction of sp³-hybridized carbons (Fsp3) is 0.491. The Morgan fingerprint density at radius 3 is 2.27 bits per heavy atom. The Morgan fingerprint density at radius 2 is 1.63 bits per heavy atom. The zero-order valence-corrected chi connectivity index (χ0v) is 46.5. The molecule has 2 saturated heterocycles. The van der Waals surface area contributed by atoms with Gasteiger partial charge >= 0.3 is 24.2 Å². The van der Waals surface area contributed by atoms with Crippen molar-refractivity contribution in [3.05, 3.63) is 95.6 Å². The molecule has 0 spiro atoms. The molecular formula is C57H76N8O14. The summed E-state index contributed by atoms with van der Waals surface area (Å²) >= 11 is 0. The van der Waals surface area contributed by atoms with E-state index in [9.17, 15) is 38.7 Å². The minimum absolute atomic E-state index is 0.0544. The summed E-state index contributed by atoms with van der Waals surface area (Å²) in [7, 11) is 4.59. The third kappa shape index (κ3) is 15.6. The van der Waals surface area contributed by atoms with E-state index in [0.717, 1.165) is 11.1 Å². The number of anilines is 3. The molecule has 2 fully saturated rings. The molecule has 3 aliphatic heterocycles. The van der Waals surface area contributed by atoms with E-state index < -0.39 is 102 Å². The van der Waals surface area contributed by atoms with Gasteiger partial charge in [0, 0.05) is 50.0 Å². The predicted octanol–water partition coefficient (Wildman–Crippen LogP) is 5.94. The number of alkyl carbamates (subject to hydrolysis) is 1. The van der Waals surface area contributed by atoms with E-state index in [1.165, 1.54) is 19.1 Å². The van der Waals surface area contributed by atoms with Gasteiger partial charge in [-0.05, 0) is 92.1 Å². The number of urea groups is 1. The van der Waals surface area contributed by atoms with Crippen LogP contribution in [0.25, 0.3) is 11.1 Å². The number of carbonyl (C=O) groups excluding carboxylic acids is 7. The second-order valence-corrected chi connectivity index (χ2v) is 21.2. The van der Waals surface area contributed by atoms with Gasteiger partial charge < -0.3 is 65.8 Å². The van der Waals surface area contributed by atoms with Crippen molar-refractivity contribution in [2.24, 2.45) is 29.2 Å². The Labute approximate surface area is 460 Å². The second kappa shape index (κ2) is 26.4. The third-order valence-electron chi connectivity index (χ3n) is 14.4. The van der Waals surface area contributed by atoms with Crippen LogP contribution in [-0.2, 0) is 55.9 Å². The highest BCUT2D eigenvalue weighted by Crippen LogP contribution is 2.49. The monoisotopic (exact) mass is 1100 g/mol. The molecule has 22 heteroatoms. The second-order valence-electron chi connectivity index (χ2n) is 21.2. The number of nitrogens with zero attached hydrogens (tertiary/aromatic N) is 1. The highest BCUT2D eigenvalue weighted by Gasteiger charge is 2.64. The van der Waals surface area contributed by atoms with Gasteiger partial charge in [-0.3, -0.25) is 29.8 Å². The summed E-state index contributed by atoms with van der Waals surface area (Å²) < 4.78 is 35.3. The molecule has 0 saturated carbocycles. The van der Waals surface area contributed by atoms with Crippen LogP contribution in [0.1, 0.15) is 85.3 Å². The van der Waals surface area contributed by atoms with E-state index >= 15 is 0 Å². The molecule has 9 atom stereocenters. The lowest BCUT2D eigenvalue weighted by molar-refractivity contribution is -0.157. The number of fused-ring (bicyclic) bond motifs is 5. The number of aliphatic hydroxyl groups is 1. The van der Waals surface area contributed by atoms with Crippen molar-refractivity contribution in [2.75, 3.05) is 43.3 Å². The van der Waals surface area contributed by atoms with Crippen LogP contribution < -0.4 is 47.7 Å². The standard InChI is InChI=1S/C57H76N8O14/c1-31(2)48(58)51(68)63-40(14-12-24-60-53(59)70)50(67)61-38-20-16-35(17-21-38)30-76-54(71)62-39-22-18-37(19-23-39)47-41-26-36(27-42(47)74-9)25-33(5)13-11-15-44(75-10)57(73)29-43(77-55(72)64-57)34(6)49-56(7,79-49)45(28-46(66)65(41)8)78-52(69)32(3)4/h11,13,15-23,26-27,31-32,34,40,43-45,48-49,73H,12,14,24-25,28-30,58H2,1-10H3,(H,61,67)(H,62,71)(H,63,68)(H,64,72)(H3,59,60,70)/b15-11+,33-13+/t34-,40+,43+,44-,45+,48?,49+,56+,57+/m1/s1. The van der Waals surface area contributed by atoms with Gasteiger partial charge in [-0.15, -0.1) is 0 Å². The van der Waals surface area contributed by atoms with Crippen molar-refractivity contribution >= 4 is 59.0 Å². The van der Waals surface area contributed by atoms with Crippen LogP contribution in [-0.4, -0.2) is 123 Å². The molecule has 1 unspecified atom stereocenters. The van der Waals surface area contributed by atoms with Gasteiger partial charge in [0.1, 0.15) is 42.3 Å². The fourth-order valence-corrected chi connectivity index (χ4v) is 9.52. The summed E-state index contributed by atoms with van der Waals surface area (Å²) in [5.41, 5.74) is 13.0. The van der Waals surface area contributed by atoms with Gasteiger partial charge in [0.15, 0.2) is 5.72 Å². The summed E-state index contributed by atoms with van der Waals surface area (Å²) in [6.45, 7) is 12.5. The normalized spacial score (nSPS) is 25.0. The first-order valence-electron chi connectivity index (χ1n) is 26.3. The SMILES string of the molecule is COc1cc2cc(c1-c1ccc(NC(=O)OCc3ccc(NC(=O)[C@H](CCCNC(N)=O)NC(=O)C(N)C(C)C)cc3)cc1)N(C)C(=O)C[C@H](OC(=O)C(C)C)[C@]1(C)O[C@H]1[C@H](C)[C@@H]1C[C@@](O)(NC(=O)O1)[C@H](OC)/C=C/C=C(\C)C2. The average Bonchev–Trinajstić information content (AvgIpc) is 4.25. The zero-order valence-electron chi connectivity index (χ0n) is 46.5. The number of esters is 1. The molecule has 79 heavy (non-hydrogen) atoms. The van der Waals surface area contributed by atoms with Gasteiger partial charge in [-0.25, -0.2) is 14.4 Å². The highest BCUT2D eigenvalue weighted by atomic mass is 16.7. The molecule has 10 N–H and O–H groups in total. The van der Waals surface area contributed by atoms with Crippen LogP contribution in [0.3, 0.4) is 0 Å². The number of allylic oxidation sites excluding steroid dienone is 3.